The van der Waals surface area contributed by atoms with E-state index >= 15 is 0 Å². The fraction of sp³-hybridized carbons (Fsp3) is 0.929. The fourth-order valence-electron chi connectivity index (χ4n) is 3.14. The summed E-state index contributed by atoms with van der Waals surface area (Å²) in [6.45, 7) is 6.38. The Kier molecular flexibility index (Phi) is 4.19. The van der Waals surface area contributed by atoms with Gasteiger partial charge in [-0.1, -0.05) is 0 Å². The van der Waals surface area contributed by atoms with Crippen LogP contribution >= 0.6 is 0 Å². The van der Waals surface area contributed by atoms with Crippen molar-refractivity contribution in [1.29, 1.82) is 0 Å². The van der Waals surface area contributed by atoms with Crippen molar-refractivity contribution in [3.8, 4) is 0 Å². The van der Waals surface area contributed by atoms with Gasteiger partial charge < -0.3 is 15.2 Å². The number of morpholine rings is 1. The van der Waals surface area contributed by atoms with Gasteiger partial charge in [-0.15, -0.1) is 0 Å². The van der Waals surface area contributed by atoms with Crippen LogP contribution in [-0.2, 0) is 9.47 Å². The summed E-state index contributed by atoms with van der Waals surface area (Å²) in [6.07, 6.45) is -1.09. The van der Waals surface area contributed by atoms with Crippen molar-refractivity contribution in [2.75, 3.05) is 26.3 Å². The van der Waals surface area contributed by atoms with Crippen LogP contribution in [0, 0.1) is 5.41 Å². The van der Waals surface area contributed by atoms with Crippen LogP contribution in [0.2, 0.25) is 0 Å². The van der Waals surface area contributed by atoms with Gasteiger partial charge in [0.1, 0.15) is 5.60 Å². The minimum atomic E-state index is -2.70. The molecule has 1 aliphatic carbocycles. The summed E-state index contributed by atoms with van der Waals surface area (Å²) in [6, 6.07) is -0.453. The quantitative estimate of drug-likeness (QED) is 0.847. The second kappa shape index (κ2) is 5.35. The van der Waals surface area contributed by atoms with Gasteiger partial charge in [-0.3, -0.25) is 4.90 Å². The molecule has 1 amide bonds. The molecule has 2 N–H and O–H groups in total. The molecule has 7 heteroatoms. The van der Waals surface area contributed by atoms with Crippen molar-refractivity contribution in [3.05, 3.63) is 0 Å². The number of hydrogen-bond donors (Lipinski definition) is 1. The minimum Gasteiger partial charge on any atom is -0.444 e. The fourth-order valence-corrected chi connectivity index (χ4v) is 3.14. The first-order chi connectivity index (χ1) is 9.59. The van der Waals surface area contributed by atoms with E-state index in [9.17, 15) is 13.6 Å². The lowest BCUT2D eigenvalue weighted by molar-refractivity contribution is -0.198. The molecule has 1 atom stereocenters. The van der Waals surface area contributed by atoms with E-state index in [-0.39, 0.29) is 26.0 Å². The minimum absolute atomic E-state index is 0.107. The highest BCUT2D eigenvalue weighted by Gasteiger charge is 2.61. The largest absolute Gasteiger partial charge is 0.444 e. The van der Waals surface area contributed by atoms with Crippen molar-refractivity contribution in [2.45, 2.75) is 51.2 Å². The van der Waals surface area contributed by atoms with E-state index in [4.69, 9.17) is 15.2 Å². The lowest BCUT2D eigenvalue weighted by Gasteiger charge is -2.55. The SMILES string of the molecule is CC(C)(C)OC(=O)N1CCOCC1C1(CN)CC(F)(F)C1. The molecule has 1 saturated carbocycles. The molecule has 1 aliphatic heterocycles. The van der Waals surface area contributed by atoms with Crippen LogP contribution in [0.5, 0.6) is 0 Å². The van der Waals surface area contributed by atoms with Gasteiger partial charge in [0.05, 0.1) is 19.3 Å². The maximum atomic E-state index is 13.3. The van der Waals surface area contributed by atoms with Gasteiger partial charge in [-0.05, 0) is 20.8 Å². The van der Waals surface area contributed by atoms with Crippen LogP contribution in [0.15, 0.2) is 0 Å². The van der Waals surface area contributed by atoms with Crippen molar-refractivity contribution < 1.29 is 23.0 Å². The molecule has 0 spiro atoms. The van der Waals surface area contributed by atoms with Crippen LogP contribution in [-0.4, -0.2) is 54.9 Å². The molecule has 1 unspecified atom stereocenters. The molecule has 21 heavy (non-hydrogen) atoms. The van der Waals surface area contributed by atoms with E-state index in [1.54, 1.807) is 20.8 Å². The standard InChI is InChI=1S/C14H24F2N2O3/c1-12(2,3)21-11(19)18-4-5-20-6-10(18)13(9-17)7-14(15,16)8-13/h10H,4-9,17H2,1-3H3. The first-order valence-corrected chi connectivity index (χ1v) is 7.24. The maximum absolute atomic E-state index is 13.3. The molecule has 2 rings (SSSR count). The molecule has 0 bridgehead atoms. The zero-order valence-corrected chi connectivity index (χ0v) is 12.8. The molecule has 122 valence electrons. The van der Waals surface area contributed by atoms with Gasteiger partial charge >= 0.3 is 6.09 Å². The Labute approximate surface area is 123 Å². The summed E-state index contributed by atoms with van der Waals surface area (Å²) in [7, 11) is 0. The lowest BCUT2D eigenvalue weighted by atomic mass is 9.61. The second-order valence-electron chi connectivity index (χ2n) is 7.04. The molecular weight excluding hydrogens is 282 g/mol. The van der Waals surface area contributed by atoms with E-state index in [2.05, 4.69) is 0 Å². The molecule has 5 nitrogen and oxygen atoms in total. The molecular formula is C14H24F2N2O3. The molecule has 2 fully saturated rings. The Bertz CT molecular complexity index is 402. The highest BCUT2D eigenvalue weighted by molar-refractivity contribution is 5.69. The van der Waals surface area contributed by atoms with Gasteiger partial charge in [0.2, 0.25) is 5.92 Å². The number of nitrogens with zero attached hydrogens (tertiary/aromatic N) is 1. The predicted octanol–water partition coefficient (Wildman–Crippen LogP) is 2.00. The average Bonchev–Trinajstić information content (AvgIpc) is 2.33. The van der Waals surface area contributed by atoms with E-state index in [0.717, 1.165) is 0 Å². The number of amides is 1. The number of hydrogen-bond acceptors (Lipinski definition) is 4. The molecule has 2 aliphatic rings. The first kappa shape index (κ1) is 16.4. The molecule has 0 aromatic carbocycles. The number of rotatable bonds is 2. The molecule has 1 heterocycles. The maximum Gasteiger partial charge on any atom is 0.410 e. The molecule has 1 saturated heterocycles. The average molecular weight is 306 g/mol. The number of carbonyl (C=O) groups is 1. The van der Waals surface area contributed by atoms with Crippen LogP contribution in [0.3, 0.4) is 0 Å². The summed E-state index contributed by atoms with van der Waals surface area (Å²) >= 11 is 0. The number of ether oxygens (including phenoxy) is 2. The normalized spacial score (nSPS) is 27.9. The zero-order valence-electron chi connectivity index (χ0n) is 12.8. The van der Waals surface area contributed by atoms with Crippen LogP contribution in [0.4, 0.5) is 13.6 Å². The van der Waals surface area contributed by atoms with E-state index in [1.807, 2.05) is 0 Å². The Morgan fingerprint density at radius 3 is 2.52 bits per heavy atom. The van der Waals surface area contributed by atoms with Gasteiger partial charge in [0.15, 0.2) is 0 Å². The van der Waals surface area contributed by atoms with E-state index < -0.39 is 29.1 Å². The third-order valence-electron chi connectivity index (χ3n) is 4.09. The lowest BCUT2D eigenvalue weighted by Crippen LogP contribution is -2.66. The first-order valence-electron chi connectivity index (χ1n) is 7.24. The summed E-state index contributed by atoms with van der Waals surface area (Å²) in [5.74, 6) is -2.70. The number of halogens is 2. The number of alkyl halides is 2. The Hall–Kier alpha value is -0.950. The van der Waals surface area contributed by atoms with Gasteiger partial charge in [0, 0.05) is 31.3 Å². The number of nitrogens with two attached hydrogens (primary N) is 1. The highest BCUT2D eigenvalue weighted by Crippen LogP contribution is 2.55. The Morgan fingerprint density at radius 1 is 1.43 bits per heavy atom. The second-order valence-corrected chi connectivity index (χ2v) is 7.04. The predicted molar refractivity (Wildman–Crippen MR) is 73.2 cm³/mol. The van der Waals surface area contributed by atoms with Gasteiger partial charge in [0.25, 0.3) is 0 Å². The van der Waals surface area contributed by atoms with Crippen molar-refractivity contribution >= 4 is 6.09 Å². The monoisotopic (exact) mass is 306 g/mol. The summed E-state index contributed by atoms with van der Waals surface area (Å²) in [5, 5.41) is 0. The van der Waals surface area contributed by atoms with E-state index in [1.165, 1.54) is 4.90 Å². The van der Waals surface area contributed by atoms with Gasteiger partial charge in [-0.25, -0.2) is 13.6 Å². The third kappa shape index (κ3) is 3.45. The highest BCUT2D eigenvalue weighted by atomic mass is 19.3. The summed E-state index contributed by atoms with van der Waals surface area (Å²) in [5.41, 5.74) is 4.34. The summed E-state index contributed by atoms with van der Waals surface area (Å²) < 4.78 is 37.5. The van der Waals surface area contributed by atoms with Crippen LogP contribution in [0.1, 0.15) is 33.6 Å². The van der Waals surface area contributed by atoms with Gasteiger partial charge in [-0.2, -0.15) is 0 Å². The summed E-state index contributed by atoms with van der Waals surface area (Å²) in [4.78, 5) is 13.8. The Balaban J connectivity index is 2.14. The van der Waals surface area contributed by atoms with Crippen molar-refractivity contribution in [3.63, 3.8) is 0 Å². The van der Waals surface area contributed by atoms with Crippen LogP contribution in [0.25, 0.3) is 0 Å². The smallest absolute Gasteiger partial charge is 0.410 e. The molecule has 0 aromatic rings. The molecule has 0 radical (unpaired) electrons. The Morgan fingerprint density at radius 2 is 2.05 bits per heavy atom. The van der Waals surface area contributed by atoms with E-state index in [0.29, 0.717) is 13.2 Å². The van der Waals surface area contributed by atoms with Crippen LogP contribution < -0.4 is 5.73 Å². The number of carbonyl (C=O) groups excluding carboxylic acids is 1. The molecule has 0 aromatic heterocycles. The topological polar surface area (TPSA) is 64.8 Å². The van der Waals surface area contributed by atoms with Crippen molar-refractivity contribution in [1.82, 2.24) is 4.90 Å². The zero-order chi connectivity index (χ0) is 15.9. The van der Waals surface area contributed by atoms with Crippen molar-refractivity contribution in [2.24, 2.45) is 11.1 Å². The third-order valence-corrected chi connectivity index (χ3v) is 4.09.